The molecular weight excluding hydrogens is 317 g/mol. The van der Waals surface area contributed by atoms with Crippen molar-refractivity contribution in [1.29, 1.82) is 0 Å². The van der Waals surface area contributed by atoms with Crippen molar-refractivity contribution in [3.63, 3.8) is 0 Å². The molecule has 1 aliphatic heterocycles. The maximum absolute atomic E-state index is 6.02. The molecule has 0 aromatic carbocycles. The predicted octanol–water partition coefficient (Wildman–Crippen LogP) is 4.98. The third-order valence-corrected chi connectivity index (χ3v) is 3.60. The Morgan fingerprint density at radius 1 is 1.41 bits per heavy atom. The van der Waals surface area contributed by atoms with Crippen molar-refractivity contribution in [2.75, 3.05) is 12.4 Å². The highest BCUT2D eigenvalue weighted by Crippen LogP contribution is 2.25. The van der Waals surface area contributed by atoms with E-state index < -0.39 is 0 Å². The lowest BCUT2D eigenvalue weighted by molar-refractivity contribution is 0.103. The number of alkyl halides is 1. The molecular formula is C18H23Cl2NO. The maximum atomic E-state index is 6.02. The van der Waals surface area contributed by atoms with Crippen molar-refractivity contribution >= 4 is 23.2 Å². The molecule has 1 saturated heterocycles. The van der Waals surface area contributed by atoms with E-state index in [1.165, 1.54) is 0 Å². The van der Waals surface area contributed by atoms with Crippen LogP contribution in [-0.2, 0) is 4.74 Å². The number of ether oxygens (including phenoxy) is 1. The van der Waals surface area contributed by atoms with Gasteiger partial charge in [0.05, 0.1) is 0 Å². The fourth-order valence-corrected chi connectivity index (χ4v) is 2.33. The SMILES string of the molecule is C=C(/C=C(Cl)\C=C/CCl)C/C=C\C=C1\CCC(CN)OC1=C. The van der Waals surface area contributed by atoms with Crippen LogP contribution in [-0.4, -0.2) is 18.5 Å². The lowest BCUT2D eigenvalue weighted by Gasteiger charge is -2.26. The highest BCUT2D eigenvalue weighted by Gasteiger charge is 2.18. The minimum atomic E-state index is 0.0988. The quantitative estimate of drug-likeness (QED) is 0.524. The summed E-state index contributed by atoms with van der Waals surface area (Å²) in [6, 6.07) is 0. The van der Waals surface area contributed by atoms with Crippen LogP contribution < -0.4 is 5.73 Å². The molecule has 0 saturated carbocycles. The number of allylic oxidation sites excluding steroid dienone is 9. The third kappa shape index (κ3) is 7.17. The standard InChI is InChI=1S/C18H23Cl2NO/c1-14(12-17(20)8-5-11-19)6-3-4-7-16-9-10-18(13-21)22-15(16)2/h3-5,7-8,12,18H,1-2,6,9-11,13,21H2/b4-3-,8-5-,16-7-,17-12+. The first-order valence-corrected chi connectivity index (χ1v) is 8.17. The minimum Gasteiger partial charge on any atom is -0.489 e. The zero-order chi connectivity index (χ0) is 16.4. The minimum absolute atomic E-state index is 0.0988. The first-order valence-electron chi connectivity index (χ1n) is 7.26. The summed E-state index contributed by atoms with van der Waals surface area (Å²) in [7, 11) is 0. The number of hydrogen-bond donors (Lipinski definition) is 1. The van der Waals surface area contributed by atoms with E-state index in [4.69, 9.17) is 33.7 Å². The van der Waals surface area contributed by atoms with Gasteiger partial charge >= 0.3 is 0 Å². The lowest BCUT2D eigenvalue weighted by Crippen LogP contribution is -2.27. The average Bonchev–Trinajstić information content (AvgIpc) is 2.50. The zero-order valence-corrected chi connectivity index (χ0v) is 14.2. The molecule has 1 unspecified atom stereocenters. The Hall–Kier alpha value is -1.22. The van der Waals surface area contributed by atoms with E-state index in [0.717, 1.165) is 36.2 Å². The van der Waals surface area contributed by atoms with E-state index in [0.29, 0.717) is 17.5 Å². The number of nitrogens with two attached hydrogens (primary N) is 1. The molecule has 0 aromatic heterocycles. The van der Waals surface area contributed by atoms with E-state index in [2.05, 4.69) is 13.2 Å². The molecule has 0 bridgehead atoms. The highest BCUT2D eigenvalue weighted by atomic mass is 35.5. The average molecular weight is 340 g/mol. The molecule has 4 heteroatoms. The van der Waals surface area contributed by atoms with Crippen LogP contribution in [0.25, 0.3) is 0 Å². The third-order valence-electron chi connectivity index (χ3n) is 3.19. The number of hydrogen-bond acceptors (Lipinski definition) is 2. The molecule has 22 heavy (non-hydrogen) atoms. The molecule has 1 heterocycles. The molecule has 2 nitrogen and oxygen atoms in total. The monoisotopic (exact) mass is 339 g/mol. The van der Waals surface area contributed by atoms with Crippen LogP contribution in [0.3, 0.4) is 0 Å². The van der Waals surface area contributed by atoms with Crippen LogP contribution >= 0.6 is 23.2 Å². The Balaban J connectivity index is 2.46. The van der Waals surface area contributed by atoms with Gasteiger partial charge in [-0.2, -0.15) is 0 Å². The lowest BCUT2D eigenvalue weighted by atomic mass is 10.0. The molecule has 0 amide bonds. The Morgan fingerprint density at radius 2 is 2.18 bits per heavy atom. The number of rotatable bonds is 7. The Bertz CT molecular complexity index is 515. The van der Waals surface area contributed by atoms with E-state index in [1.54, 1.807) is 12.2 Å². The van der Waals surface area contributed by atoms with Gasteiger partial charge in [-0.05, 0) is 42.6 Å². The van der Waals surface area contributed by atoms with Gasteiger partial charge in [0.25, 0.3) is 0 Å². The summed E-state index contributed by atoms with van der Waals surface area (Å²) in [6.45, 7) is 8.43. The first-order chi connectivity index (χ1) is 10.6. The van der Waals surface area contributed by atoms with E-state index in [9.17, 15) is 0 Å². The van der Waals surface area contributed by atoms with Crippen LogP contribution in [0.1, 0.15) is 19.3 Å². The molecule has 1 aliphatic rings. The highest BCUT2D eigenvalue weighted by molar-refractivity contribution is 6.31. The predicted molar refractivity (Wildman–Crippen MR) is 97.1 cm³/mol. The van der Waals surface area contributed by atoms with Crippen molar-refractivity contribution in [3.8, 4) is 0 Å². The van der Waals surface area contributed by atoms with Gasteiger partial charge in [-0.3, -0.25) is 0 Å². The van der Waals surface area contributed by atoms with Crippen molar-refractivity contribution in [3.05, 3.63) is 71.6 Å². The van der Waals surface area contributed by atoms with Crippen molar-refractivity contribution in [1.82, 2.24) is 0 Å². The molecule has 0 aliphatic carbocycles. The van der Waals surface area contributed by atoms with Gasteiger partial charge in [0.1, 0.15) is 11.9 Å². The van der Waals surface area contributed by atoms with Crippen molar-refractivity contribution in [2.45, 2.75) is 25.4 Å². The summed E-state index contributed by atoms with van der Waals surface area (Å²) in [6.07, 6.45) is 14.2. The Labute approximate surface area is 143 Å². The second kappa shape index (κ2) is 10.5. The summed E-state index contributed by atoms with van der Waals surface area (Å²) in [5, 5.41) is 0.624. The Morgan fingerprint density at radius 3 is 2.82 bits per heavy atom. The molecule has 1 fully saturated rings. The summed E-state index contributed by atoms with van der Waals surface area (Å²) in [4.78, 5) is 0. The first kappa shape index (κ1) is 18.8. The van der Waals surface area contributed by atoms with Gasteiger partial charge < -0.3 is 10.5 Å². The molecule has 0 aromatic rings. The van der Waals surface area contributed by atoms with Crippen LogP contribution in [0.4, 0.5) is 0 Å². The summed E-state index contributed by atoms with van der Waals surface area (Å²) in [5.74, 6) is 1.17. The largest absolute Gasteiger partial charge is 0.489 e. The molecule has 1 rings (SSSR count). The summed E-state index contributed by atoms with van der Waals surface area (Å²) in [5.41, 5.74) is 7.65. The molecule has 120 valence electrons. The number of halogens is 2. The topological polar surface area (TPSA) is 35.2 Å². The van der Waals surface area contributed by atoms with Gasteiger partial charge in [0.15, 0.2) is 0 Å². The normalized spacial score (nSPS) is 21.8. The molecule has 1 atom stereocenters. The van der Waals surface area contributed by atoms with E-state index in [-0.39, 0.29) is 6.10 Å². The van der Waals surface area contributed by atoms with Crippen LogP contribution in [0.15, 0.2) is 71.6 Å². The van der Waals surface area contributed by atoms with Gasteiger partial charge in [0, 0.05) is 17.5 Å². The van der Waals surface area contributed by atoms with Crippen LogP contribution in [0, 0.1) is 0 Å². The zero-order valence-electron chi connectivity index (χ0n) is 12.7. The van der Waals surface area contributed by atoms with E-state index in [1.807, 2.05) is 24.3 Å². The van der Waals surface area contributed by atoms with Gasteiger partial charge in [-0.25, -0.2) is 0 Å². The second-order valence-corrected chi connectivity index (χ2v) is 5.75. The van der Waals surface area contributed by atoms with Gasteiger partial charge in [-0.1, -0.05) is 49.1 Å². The Kier molecular flexibility index (Phi) is 8.98. The van der Waals surface area contributed by atoms with E-state index >= 15 is 0 Å². The van der Waals surface area contributed by atoms with Crippen molar-refractivity contribution < 1.29 is 4.74 Å². The fraction of sp³-hybridized carbons (Fsp3) is 0.333. The molecule has 2 N–H and O–H groups in total. The molecule has 0 radical (unpaired) electrons. The smallest absolute Gasteiger partial charge is 0.115 e. The van der Waals surface area contributed by atoms with Gasteiger partial charge in [0.2, 0.25) is 0 Å². The van der Waals surface area contributed by atoms with Crippen LogP contribution in [0.2, 0.25) is 0 Å². The van der Waals surface area contributed by atoms with Crippen LogP contribution in [0.5, 0.6) is 0 Å². The van der Waals surface area contributed by atoms with Crippen molar-refractivity contribution in [2.24, 2.45) is 5.73 Å². The van der Waals surface area contributed by atoms with Gasteiger partial charge in [-0.15, -0.1) is 11.6 Å². The summed E-state index contributed by atoms with van der Waals surface area (Å²) < 4.78 is 5.63. The second-order valence-electron chi connectivity index (χ2n) is 5.01. The molecule has 0 spiro atoms. The fourth-order valence-electron chi connectivity index (χ4n) is 2.00. The summed E-state index contributed by atoms with van der Waals surface area (Å²) >= 11 is 11.6. The maximum Gasteiger partial charge on any atom is 0.115 e.